The van der Waals surface area contributed by atoms with E-state index in [0.717, 1.165) is 0 Å². The highest BCUT2D eigenvalue weighted by Crippen LogP contribution is 2.36. The van der Waals surface area contributed by atoms with Crippen molar-refractivity contribution in [2.24, 2.45) is 0 Å². The highest BCUT2D eigenvalue weighted by Gasteiger charge is 2.52. The number of esters is 1. The van der Waals surface area contributed by atoms with Gasteiger partial charge in [-0.2, -0.15) is 0 Å². The lowest BCUT2D eigenvalue weighted by Crippen LogP contribution is -2.46. The number of ether oxygens (including phenoxy) is 2. The maximum Gasteiger partial charge on any atom is 0.347 e. The fourth-order valence-electron chi connectivity index (χ4n) is 2.19. The summed E-state index contributed by atoms with van der Waals surface area (Å²) in [5.74, 6) is -1.06. The second-order valence-corrected chi connectivity index (χ2v) is 4.81. The predicted molar refractivity (Wildman–Crippen MR) is 67.2 cm³/mol. The van der Waals surface area contributed by atoms with Crippen molar-refractivity contribution in [3.63, 3.8) is 0 Å². The molecule has 1 N–H and O–H groups in total. The third-order valence-corrected chi connectivity index (χ3v) is 3.09. The molecule has 1 aliphatic carbocycles. The van der Waals surface area contributed by atoms with Crippen LogP contribution in [0.5, 0.6) is 5.75 Å². The van der Waals surface area contributed by atoms with E-state index in [-0.39, 0.29) is 6.42 Å². The zero-order chi connectivity index (χ0) is 14.2. The van der Waals surface area contributed by atoms with Crippen molar-refractivity contribution < 1.29 is 24.2 Å². The van der Waals surface area contributed by atoms with Gasteiger partial charge in [0.1, 0.15) is 5.75 Å². The van der Waals surface area contributed by atoms with Crippen molar-refractivity contribution >= 4 is 11.8 Å². The minimum Gasteiger partial charge on any atom is -0.496 e. The van der Waals surface area contributed by atoms with Gasteiger partial charge in [0.25, 0.3) is 0 Å². The monoisotopic (exact) mass is 264 g/mol. The summed E-state index contributed by atoms with van der Waals surface area (Å²) in [5, 5.41) is 10.3. The molecule has 19 heavy (non-hydrogen) atoms. The molecule has 0 heterocycles. The van der Waals surface area contributed by atoms with Crippen molar-refractivity contribution in [3.05, 3.63) is 29.3 Å². The number of aliphatic hydroxyl groups is 1. The van der Waals surface area contributed by atoms with Gasteiger partial charge in [0.05, 0.1) is 13.2 Å². The van der Waals surface area contributed by atoms with Crippen LogP contribution in [0.15, 0.2) is 18.2 Å². The summed E-state index contributed by atoms with van der Waals surface area (Å²) in [6, 6.07) is 4.90. The molecule has 1 aromatic carbocycles. The molecular formula is C14H16O5. The van der Waals surface area contributed by atoms with Crippen LogP contribution in [0.25, 0.3) is 0 Å². The van der Waals surface area contributed by atoms with Gasteiger partial charge in [0.2, 0.25) is 11.4 Å². The Morgan fingerprint density at radius 2 is 2.11 bits per heavy atom. The number of carbonyl (C=O) groups is 2. The van der Waals surface area contributed by atoms with Crippen LogP contribution >= 0.6 is 0 Å². The van der Waals surface area contributed by atoms with E-state index in [1.54, 1.807) is 32.0 Å². The van der Waals surface area contributed by atoms with Gasteiger partial charge in [-0.3, -0.25) is 4.79 Å². The molecule has 0 spiro atoms. The molecule has 1 atom stereocenters. The van der Waals surface area contributed by atoms with Crippen molar-refractivity contribution in [2.45, 2.75) is 32.0 Å². The van der Waals surface area contributed by atoms with Crippen LogP contribution in [0.4, 0.5) is 0 Å². The molecule has 102 valence electrons. The molecular weight excluding hydrogens is 248 g/mol. The van der Waals surface area contributed by atoms with E-state index < -0.39 is 23.5 Å². The fourth-order valence-corrected chi connectivity index (χ4v) is 2.19. The molecule has 0 bridgehead atoms. The molecule has 1 aliphatic rings. The molecule has 0 unspecified atom stereocenters. The summed E-state index contributed by atoms with van der Waals surface area (Å²) in [4.78, 5) is 24.1. The fraction of sp³-hybridized carbons (Fsp3) is 0.429. The Hall–Kier alpha value is -1.88. The van der Waals surface area contributed by atoms with Crippen molar-refractivity contribution in [1.82, 2.24) is 0 Å². The maximum absolute atomic E-state index is 12.2. The first kappa shape index (κ1) is 13.5. The van der Waals surface area contributed by atoms with E-state index in [9.17, 15) is 14.7 Å². The first-order chi connectivity index (χ1) is 8.90. The van der Waals surface area contributed by atoms with Crippen molar-refractivity contribution in [1.29, 1.82) is 0 Å². The molecule has 2 rings (SSSR count). The summed E-state index contributed by atoms with van der Waals surface area (Å²) >= 11 is 0. The summed E-state index contributed by atoms with van der Waals surface area (Å²) in [7, 11) is 1.48. The van der Waals surface area contributed by atoms with Gasteiger partial charge in [-0.05, 0) is 19.9 Å². The number of Topliss-reactive ketones (excluding diaryl/α,β-unsaturated/α-hetero) is 1. The van der Waals surface area contributed by atoms with Crippen LogP contribution in [0.2, 0.25) is 0 Å². The third kappa shape index (κ3) is 2.10. The molecule has 5 nitrogen and oxygen atoms in total. The highest BCUT2D eigenvalue weighted by molar-refractivity contribution is 6.19. The normalized spacial score (nSPS) is 21.4. The second kappa shape index (κ2) is 4.66. The van der Waals surface area contributed by atoms with Crippen LogP contribution in [0.1, 0.15) is 29.8 Å². The van der Waals surface area contributed by atoms with E-state index in [2.05, 4.69) is 0 Å². The zero-order valence-electron chi connectivity index (χ0n) is 11.1. The largest absolute Gasteiger partial charge is 0.496 e. The minimum absolute atomic E-state index is 0.114. The molecule has 1 aromatic rings. The van der Waals surface area contributed by atoms with Gasteiger partial charge >= 0.3 is 5.97 Å². The van der Waals surface area contributed by atoms with Crippen LogP contribution < -0.4 is 4.74 Å². The summed E-state index contributed by atoms with van der Waals surface area (Å²) in [6.07, 6.45) is -0.508. The smallest absolute Gasteiger partial charge is 0.347 e. The average Bonchev–Trinajstić information content (AvgIpc) is 2.62. The standard InChI is InChI=1S/C14H16O5/c1-8(2)19-13(16)14(17)7-10-9(12(14)15)5-4-6-11(10)18-3/h4-6,8,17H,7H2,1-3H3/t14-/m0/s1. The lowest BCUT2D eigenvalue weighted by molar-refractivity contribution is -0.163. The SMILES string of the molecule is COc1cccc2c1C[C@@](O)(C(=O)OC(C)C)C2=O. The zero-order valence-corrected chi connectivity index (χ0v) is 11.1. The minimum atomic E-state index is -2.14. The molecule has 5 heteroatoms. The average molecular weight is 264 g/mol. The molecule has 0 saturated carbocycles. The van der Waals surface area contributed by atoms with E-state index in [1.165, 1.54) is 7.11 Å². The van der Waals surface area contributed by atoms with Gasteiger partial charge < -0.3 is 14.6 Å². The number of hydrogen-bond acceptors (Lipinski definition) is 5. The summed E-state index contributed by atoms with van der Waals surface area (Å²) < 4.78 is 10.1. The van der Waals surface area contributed by atoms with Crippen LogP contribution in [0, 0.1) is 0 Å². The lowest BCUT2D eigenvalue weighted by atomic mass is 9.99. The first-order valence-corrected chi connectivity index (χ1v) is 6.04. The molecule has 0 fully saturated rings. The second-order valence-electron chi connectivity index (χ2n) is 4.81. The number of fused-ring (bicyclic) bond motifs is 1. The summed E-state index contributed by atoms with van der Waals surface area (Å²) in [6.45, 7) is 3.32. The lowest BCUT2D eigenvalue weighted by Gasteiger charge is -2.20. The quantitative estimate of drug-likeness (QED) is 0.654. The van der Waals surface area contributed by atoms with Crippen LogP contribution in [-0.2, 0) is 16.0 Å². The molecule has 0 saturated heterocycles. The van der Waals surface area contributed by atoms with Crippen molar-refractivity contribution in [2.75, 3.05) is 7.11 Å². The number of benzene rings is 1. The van der Waals surface area contributed by atoms with E-state index in [4.69, 9.17) is 9.47 Å². The van der Waals surface area contributed by atoms with Gasteiger partial charge in [0.15, 0.2) is 0 Å². The Kier molecular flexibility index (Phi) is 3.32. The topological polar surface area (TPSA) is 72.8 Å². The molecule has 0 aromatic heterocycles. The van der Waals surface area contributed by atoms with E-state index in [0.29, 0.717) is 16.9 Å². The number of carbonyl (C=O) groups excluding carboxylic acids is 2. The highest BCUT2D eigenvalue weighted by atomic mass is 16.6. The molecule has 0 radical (unpaired) electrons. The van der Waals surface area contributed by atoms with Crippen molar-refractivity contribution in [3.8, 4) is 5.75 Å². The third-order valence-electron chi connectivity index (χ3n) is 3.09. The predicted octanol–water partition coefficient (Wildman–Crippen LogP) is 1.12. The molecule has 0 aliphatic heterocycles. The Morgan fingerprint density at radius 1 is 1.42 bits per heavy atom. The van der Waals surface area contributed by atoms with Gasteiger partial charge in [-0.25, -0.2) is 4.79 Å². The van der Waals surface area contributed by atoms with Gasteiger partial charge in [0, 0.05) is 17.5 Å². The number of hydrogen-bond donors (Lipinski definition) is 1. The van der Waals surface area contributed by atoms with Crippen LogP contribution in [-0.4, -0.2) is 35.7 Å². The first-order valence-electron chi connectivity index (χ1n) is 6.04. The molecule has 0 amide bonds. The maximum atomic E-state index is 12.2. The van der Waals surface area contributed by atoms with Gasteiger partial charge in [-0.1, -0.05) is 12.1 Å². The number of ketones is 1. The Bertz CT molecular complexity index is 535. The Morgan fingerprint density at radius 3 is 2.68 bits per heavy atom. The Balaban J connectivity index is 2.39. The van der Waals surface area contributed by atoms with Gasteiger partial charge in [-0.15, -0.1) is 0 Å². The number of rotatable bonds is 3. The van der Waals surface area contributed by atoms with E-state index >= 15 is 0 Å². The summed E-state index contributed by atoms with van der Waals surface area (Å²) in [5.41, 5.74) is -1.29. The van der Waals surface area contributed by atoms with Crippen LogP contribution in [0.3, 0.4) is 0 Å². The van der Waals surface area contributed by atoms with E-state index in [1.807, 2.05) is 0 Å². The number of methoxy groups -OCH3 is 1. The Labute approximate surface area is 111 Å².